The van der Waals surface area contributed by atoms with Crippen molar-refractivity contribution < 1.29 is 8.42 Å². The van der Waals surface area contributed by atoms with E-state index in [4.69, 9.17) is 0 Å². The molecule has 0 aliphatic carbocycles. The van der Waals surface area contributed by atoms with Crippen LogP contribution < -0.4 is 10.6 Å². The molecule has 18 heavy (non-hydrogen) atoms. The number of sulfone groups is 1. The SMILES string of the molecule is CC(CC1CCCCN1)NC1(C)CCS(=O)(=O)C1. The molecule has 0 saturated carbocycles. The van der Waals surface area contributed by atoms with Gasteiger partial charge in [-0.15, -0.1) is 0 Å². The monoisotopic (exact) mass is 274 g/mol. The summed E-state index contributed by atoms with van der Waals surface area (Å²) in [4.78, 5) is 0. The third kappa shape index (κ3) is 3.93. The highest BCUT2D eigenvalue weighted by atomic mass is 32.2. The van der Waals surface area contributed by atoms with Gasteiger partial charge in [0.05, 0.1) is 11.5 Å². The molecule has 3 unspecified atom stereocenters. The molecule has 4 nitrogen and oxygen atoms in total. The molecule has 0 aromatic carbocycles. The van der Waals surface area contributed by atoms with E-state index in [2.05, 4.69) is 17.6 Å². The highest BCUT2D eigenvalue weighted by molar-refractivity contribution is 7.91. The second-order valence-corrected chi connectivity index (χ2v) is 8.51. The van der Waals surface area contributed by atoms with Crippen LogP contribution >= 0.6 is 0 Å². The van der Waals surface area contributed by atoms with Crippen molar-refractivity contribution in [1.82, 2.24) is 10.6 Å². The molecule has 2 aliphatic heterocycles. The van der Waals surface area contributed by atoms with E-state index >= 15 is 0 Å². The maximum absolute atomic E-state index is 11.6. The average molecular weight is 274 g/mol. The van der Waals surface area contributed by atoms with Gasteiger partial charge in [-0.3, -0.25) is 0 Å². The number of rotatable bonds is 4. The molecule has 106 valence electrons. The smallest absolute Gasteiger partial charge is 0.152 e. The van der Waals surface area contributed by atoms with Gasteiger partial charge in [0.2, 0.25) is 0 Å². The first-order chi connectivity index (χ1) is 8.39. The van der Waals surface area contributed by atoms with Crippen LogP contribution in [-0.2, 0) is 9.84 Å². The predicted octanol–water partition coefficient (Wildman–Crippen LogP) is 1.07. The van der Waals surface area contributed by atoms with Gasteiger partial charge in [-0.2, -0.15) is 0 Å². The van der Waals surface area contributed by atoms with Crippen LogP contribution in [0.3, 0.4) is 0 Å². The molecule has 2 fully saturated rings. The minimum atomic E-state index is -2.81. The summed E-state index contributed by atoms with van der Waals surface area (Å²) in [6.07, 6.45) is 5.69. The zero-order valence-corrected chi connectivity index (χ0v) is 12.4. The molecule has 0 bridgehead atoms. The Labute approximate surface area is 111 Å². The van der Waals surface area contributed by atoms with Gasteiger partial charge in [-0.05, 0) is 46.1 Å². The average Bonchev–Trinajstić information content (AvgIpc) is 2.53. The van der Waals surface area contributed by atoms with Gasteiger partial charge in [-0.1, -0.05) is 6.42 Å². The van der Waals surface area contributed by atoms with Crippen LogP contribution in [-0.4, -0.2) is 44.1 Å². The van der Waals surface area contributed by atoms with Crippen molar-refractivity contribution in [1.29, 1.82) is 0 Å². The van der Waals surface area contributed by atoms with E-state index in [0.717, 1.165) is 19.4 Å². The Morgan fingerprint density at radius 3 is 2.78 bits per heavy atom. The van der Waals surface area contributed by atoms with Crippen LogP contribution in [0.5, 0.6) is 0 Å². The molecule has 2 rings (SSSR count). The minimum absolute atomic E-state index is 0.215. The fraction of sp³-hybridized carbons (Fsp3) is 1.00. The third-order valence-corrected chi connectivity index (χ3v) is 6.05. The Kier molecular flexibility index (Phi) is 4.34. The lowest BCUT2D eigenvalue weighted by Gasteiger charge is -2.32. The molecule has 2 heterocycles. The Morgan fingerprint density at radius 1 is 1.44 bits per heavy atom. The highest BCUT2D eigenvalue weighted by Crippen LogP contribution is 2.24. The minimum Gasteiger partial charge on any atom is -0.314 e. The summed E-state index contributed by atoms with van der Waals surface area (Å²) in [6.45, 7) is 5.35. The fourth-order valence-corrected chi connectivity index (χ4v) is 5.43. The molecule has 0 aromatic heterocycles. The van der Waals surface area contributed by atoms with Gasteiger partial charge < -0.3 is 10.6 Å². The highest BCUT2D eigenvalue weighted by Gasteiger charge is 2.39. The van der Waals surface area contributed by atoms with Crippen LogP contribution in [0.1, 0.15) is 46.0 Å². The van der Waals surface area contributed by atoms with Gasteiger partial charge in [0.1, 0.15) is 0 Å². The van der Waals surface area contributed by atoms with Gasteiger partial charge in [0, 0.05) is 17.6 Å². The van der Waals surface area contributed by atoms with E-state index in [9.17, 15) is 8.42 Å². The summed E-state index contributed by atoms with van der Waals surface area (Å²) in [5.41, 5.74) is -0.215. The lowest BCUT2D eigenvalue weighted by atomic mass is 9.95. The van der Waals surface area contributed by atoms with E-state index in [0.29, 0.717) is 23.6 Å². The van der Waals surface area contributed by atoms with Crippen LogP contribution in [0, 0.1) is 0 Å². The predicted molar refractivity (Wildman–Crippen MR) is 74.5 cm³/mol. The molecule has 0 spiro atoms. The Bertz CT molecular complexity index is 376. The summed E-state index contributed by atoms with van der Waals surface area (Å²) in [6, 6.07) is 0.974. The van der Waals surface area contributed by atoms with Crippen LogP contribution in [0.4, 0.5) is 0 Å². The molecule has 5 heteroatoms. The van der Waals surface area contributed by atoms with Crippen molar-refractivity contribution in [3.63, 3.8) is 0 Å². The molecule has 2 saturated heterocycles. The first kappa shape index (κ1) is 14.3. The topological polar surface area (TPSA) is 58.2 Å². The molecule has 0 radical (unpaired) electrons. The second-order valence-electron chi connectivity index (χ2n) is 6.33. The molecule has 3 atom stereocenters. The second kappa shape index (κ2) is 5.47. The Hall–Kier alpha value is -0.130. The van der Waals surface area contributed by atoms with E-state index < -0.39 is 9.84 Å². The van der Waals surface area contributed by atoms with Gasteiger partial charge in [0.15, 0.2) is 9.84 Å². The van der Waals surface area contributed by atoms with Crippen LogP contribution in [0.2, 0.25) is 0 Å². The third-order valence-electron chi connectivity index (χ3n) is 4.15. The van der Waals surface area contributed by atoms with Crippen LogP contribution in [0.15, 0.2) is 0 Å². The number of piperidine rings is 1. The van der Waals surface area contributed by atoms with Crippen molar-refractivity contribution in [3.05, 3.63) is 0 Å². The van der Waals surface area contributed by atoms with E-state index in [1.165, 1.54) is 19.3 Å². The van der Waals surface area contributed by atoms with Gasteiger partial charge >= 0.3 is 0 Å². The summed E-state index contributed by atoms with van der Waals surface area (Å²) in [5, 5.41) is 7.08. The maximum Gasteiger partial charge on any atom is 0.152 e. The number of hydrogen-bond donors (Lipinski definition) is 2. The fourth-order valence-electron chi connectivity index (χ4n) is 3.33. The van der Waals surface area contributed by atoms with E-state index in [1.54, 1.807) is 0 Å². The number of nitrogens with one attached hydrogen (secondary N) is 2. The van der Waals surface area contributed by atoms with Crippen molar-refractivity contribution in [3.8, 4) is 0 Å². The van der Waals surface area contributed by atoms with E-state index in [1.807, 2.05) is 6.92 Å². The largest absolute Gasteiger partial charge is 0.314 e. The summed E-state index contributed by atoms with van der Waals surface area (Å²) >= 11 is 0. The first-order valence-electron chi connectivity index (χ1n) is 7.10. The van der Waals surface area contributed by atoms with Crippen molar-refractivity contribution in [2.45, 2.75) is 63.6 Å². The number of hydrogen-bond acceptors (Lipinski definition) is 4. The quantitative estimate of drug-likeness (QED) is 0.805. The zero-order chi connectivity index (χ0) is 13.2. The van der Waals surface area contributed by atoms with Gasteiger partial charge in [-0.25, -0.2) is 8.42 Å². The summed E-state index contributed by atoms with van der Waals surface area (Å²) in [5.74, 6) is 0.632. The Morgan fingerprint density at radius 2 is 2.22 bits per heavy atom. The standard InChI is InChI=1S/C13H26N2O2S/c1-11(9-12-5-3-4-7-14-12)15-13(2)6-8-18(16,17)10-13/h11-12,14-15H,3-10H2,1-2H3. The molecule has 2 N–H and O–H groups in total. The lowest BCUT2D eigenvalue weighted by Crippen LogP contribution is -2.50. The maximum atomic E-state index is 11.6. The first-order valence-corrected chi connectivity index (χ1v) is 8.92. The summed E-state index contributed by atoms with van der Waals surface area (Å²) < 4.78 is 23.1. The molecule has 0 amide bonds. The Balaban J connectivity index is 1.81. The van der Waals surface area contributed by atoms with Crippen molar-refractivity contribution in [2.24, 2.45) is 0 Å². The van der Waals surface area contributed by atoms with E-state index in [-0.39, 0.29) is 5.54 Å². The van der Waals surface area contributed by atoms with Crippen molar-refractivity contribution in [2.75, 3.05) is 18.1 Å². The normalized spacial score (nSPS) is 37.6. The molecular weight excluding hydrogens is 248 g/mol. The zero-order valence-electron chi connectivity index (χ0n) is 11.5. The molecular formula is C13H26N2O2S. The summed E-state index contributed by atoms with van der Waals surface area (Å²) in [7, 11) is -2.81. The molecule has 0 aromatic rings. The van der Waals surface area contributed by atoms with Gasteiger partial charge in [0.25, 0.3) is 0 Å². The molecule has 2 aliphatic rings. The van der Waals surface area contributed by atoms with Crippen molar-refractivity contribution >= 4 is 9.84 Å². The lowest BCUT2D eigenvalue weighted by molar-refractivity contribution is 0.294. The van der Waals surface area contributed by atoms with Crippen LogP contribution in [0.25, 0.3) is 0 Å².